The summed E-state index contributed by atoms with van der Waals surface area (Å²) >= 11 is 11.7. The lowest BCUT2D eigenvalue weighted by Crippen LogP contribution is -2.36. The molecule has 0 saturated carbocycles. The van der Waals surface area contributed by atoms with Gasteiger partial charge < -0.3 is 15.5 Å². The first kappa shape index (κ1) is 19.1. The Hall–Kier alpha value is -2.24. The number of hydrogen-bond acceptors (Lipinski definition) is 3. The molecule has 0 radical (unpaired) electrons. The number of anilines is 1. The van der Waals surface area contributed by atoms with Gasteiger partial charge >= 0.3 is 0 Å². The molecule has 2 rings (SSSR count). The summed E-state index contributed by atoms with van der Waals surface area (Å²) in [5.41, 5.74) is 2.42. The molecule has 0 heterocycles. The van der Waals surface area contributed by atoms with Gasteiger partial charge in [-0.2, -0.15) is 0 Å². The van der Waals surface area contributed by atoms with E-state index in [0.717, 1.165) is 11.3 Å². The van der Waals surface area contributed by atoms with Crippen molar-refractivity contribution in [2.24, 2.45) is 0 Å². The van der Waals surface area contributed by atoms with Crippen molar-refractivity contribution in [2.45, 2.75) is 6.54 Å². The number of nitrogens with one attached hydrogen (secondary N) is 2. The number of nitrogens with zero attached hydrogens (tertiary/aromatic N) is 1. The lowest BCUT2D eigenvalue weighted by molar-refractivity contribution is -0.120. The van der Waals surface area contributed by atoms with Gasteiger partial charge in [0.25, 0.3) is 5.91 Å². The largest absolute Gasteiger partial charge is 0.378 e. The molecular formula is C18H19Cl2N3O2. The van der Waals surface area contributed by atoms with Crippen molar-refractivity contribution in [3.05, 3.63) is 63.6 Å². The second kappa shape index (κ2) is 8.74. The molecule has 0 unspecified atom stereocenters. The lowest BCUT2D eigenvalue weighted by atomic mass is 10.2. The fraction of sp³-hybridized carbons (Fsp3) is 0.222. The fourth-order valence-corrected chi connectivity index (χ4v) is 2.37. The molecule has 7 heteroatoms. The summed E-state index contributed by atoms with van der Waals surface area (Å²) in [7, 11) is 3.93. The Kier molecular flexibility index (Phi) is 6.67. The van der Waals surface area contributed by atoms with E-state index in [1.807, 2.05) is 43.3 Å². The van der Waals surface area contributed by atoms with E-state index < -0.39 is 0 Å². The Morgan fingerprint density at radius 3 is 2.24 bits per heavy atom. The van der Waals surface area contributed by atoms with Crippen molar-refractivity contribution >= 4 is 40.7 Å². The van der Waals surface area contributed by atoms with Crippen LogP contribution in [0.1, 0.15) is 15.9 Å². The molecule has 0 saturated heterocycles. The maximum Gasteiger partial charge on any atom is 0.251 e. The third-order valence-electron chi connectivity index (χ3n) is 3.53. The highest BCUT2D eigenvalue weighted by atomic mass is 35.5. The smallest absolute Gasteiger partial charge is 0.251 e. The van der Waals surface area contributed by atoms with E-state index in [9.17, 15) is 9.59 Å². The van der Waals surface area contributed by atoms with Crippen LogP contribution in [-0.4, -0.2) is 32.5 Å². The van der Waals surface area contributed by atoms with Crippen LogP contribution in [0.25, 0.3) is 0 Å². The van der Waals surface area contributed by atoms with Crippen LogP contribution >= 0.6 is 23.2 Å². The molecule has 132 valence electrons. The summed E-state index contributed by atoms with van der Waals surface area (Å²) in [6.45, 7) is 0.282. The van der Waals surface area contributed by atoms with Gasteiger partial charge in [-0.1, -0.05) is 35.3 Å². The van der Waals surface area contributed by atoms with Gasteiger partial charge in [0.05, 0.1) is 16.6 Å². The molecule has 0 aliphatic rings. The van der Waals surface area contributed by atoms with Crippen molar-refractivity contribution in [1.82, 2.24) is 10.6 Å². The normalized spacial score (nSPS) is 10.2. The number of amides is 2. The molecule has 0 bridgehead atoms. The van der Waals surface area contributed by atoms with E-state index in [1.54, 1.807) is 6.07 Å². The van der Waals surface area contributed by atoms with Crippen LogP contribution in [0.4, 0.5) is 5.69 Å². The molecule has 25 heavy (non-hydrogen) atoms. The van der Waals surface area contributed by atoms with Gasteiger partial charge in [0.2, 0.25) is 5.91 Å². The first-order valence-electron chi connectivity index (χ1n) is 7.63. The standard InChI is InChI=1S/C18H19Cl2N3O2/c1-23(2)14-6-3-12(4-7-14)10-21-17(24)11-22-18(25)13-5-8-15(19)16(20)9-13/h3-9H,10-11H2,1-2H3,(H,21,24)(H,22,25). The Morgan fingerprint density at radius 2 is 1.64 bits per heavy atom. The number of carbonyl (C=O) groups excluding carboxylic acids is 2. The van der Waals surface area contributed by atoms with Gasteiger partial charge in [-0.25, -0.2) is 0 Å². The van der Waals surface area contributed by atoms with Crippen molar-refractivity contribution in [3.63, 3.8) is 0 Å². The number of halogens is 2. The van der Waals surface area contributed by atoms with Crippen LogP contribution in [0.5, 0.6) is 0 Å². The molecule has 5 nitrogen and oxygen atoms in total. The van der Waals surface area contributed by atoms with Crippen LogP contribution in [0.3, 0.4) is 0 Å². The number of carbonyl (C=O) groups is 2. The van der Waals surface area contributed by atoms with Gasteiger partial charge in [0.15, 0.2) is 0 Å². The third kappa shape index (κ3) is 5.66. The van der Waals surface area contributed by atoms with E-state index in [4.69, 9.17) is 23.2 Å². The molecule has 0 atom stereocenters. The lowest BCUT2D eigenvalue weighted by Gasteiger charge is -2.13. The molecule has 2 aromatic rings. The highest BCUT2D eigenvalue weighted by Gasteiger charge is 2.10. The Balaban J connectivity index is 1.80. The maximum atomic E-state index is 12.0. The Morgan fingerprint density at radius 1 is 0.960 bits per heavy atom. The van der Waals surface area contributed by atoms with Gasteiger partial charge in [0, 0.05) is 31.9 Å². The van der Waals surface area contributed by atoms with Crippen LogP contribution in [-0.2, 0) is 11.3 Å². The zero-order valence-electron chi connectivity index (χ0n) is 14.0. The minimum atomic E-state index is -0.385. The molecule has 0 aromatic heterocycles. The molecule has 0 aliphatic heterocycles. The van der Waals surface area contributed by atoms with Crippen molar-refractivity contribution < 1.29 is 9.59 Å². The van der Waals surface area contributed by atoms with Crippen LogP contribution in [0, 0.1) is 0 Å². The zero-order valence-corrected chi connectivity index (χ0v) is 15.5. The molecule has 0 fully saturated rings. The summed E-state index contributed by atoms with van der Waals surface area (Å²) in [5, 5.41) is 5.97. The van der Waals surface area contributed by atoms with E-state index in [1.165, 1.54) is 12.1 Å². The molecule has 2 N–H and O–H groups in total. The molecule has 2 aromatic carbocycles. The third-order valence-corrected chi connectivity index (χ3v) is 4.27. The zero-order chi connectivity index (χ0) is 18.4. The number of hydrogen-bond donors (Lipinski definition) is 2. The monoisotopic (exact) mass is 379 g/mol. The predicted octanol–water partition coefficient (Wildman–Crippen LogP) is 3.11. The minimum Gasteiger partial charge on any atom is -0.378 e. The topological polar surface area (TPSA) is 61.4 Å². The fourth-order valence-electron chi connectivity index (χ4n) is 2.08. The van der Waals surface area contributed by atoms with Gasteiger partial charge in [-0.15, -0.1) is 0 Å². The molecule has 0 aliphatic carbocycles. The van der Waals surface area contributed by atoms with Crippen molar-refractivity contribution in [2.75, 3.05) is 25.5 Å². The highest BCUT2D eigenvalue weighted by Crippen LogP contribution is 2.22. The Bertz CT molecular complexity index is 761. The highest BCUT2D eigenvalue weighted by molar-refractivity contribution is 6.42. The average molecular weight is 380 g/mol. The predicted molar refractivity (Wildman–Crippen MR) is 101 cm³/mol. The van der Waals surface area contributed by atoms with E-state index in [0.29, 0.717) is 22.2 Å². The molecule has 0 spiro atoms. The molecule has 2 amide bonds. The van der Waals surface area contributed by atoms with E-state index in [-0.39, 0.29) is 18.4 Å². The quantitative estimate of drug-likeness (QED) is 0.810. The van der Waals surface area contributed by atoms with Crippen molar-refractivity contribution in [1.29, 1.82) is 0 Å². The Labute approximate surface area is 156 Å². The van der Waals surface area contributed by atoms with E-state index >= 15 is 0 Å². The minimum absolute atomic E-state index is 0.116. The first-order valence-corrected chi connectivity index (χ1v) is 8.38. The van der Waals surface area contributed by atoms with Gasteiger partial charge in [-0.05, 0) is 35.9 Å². The SMILES string of the molecule is CN(C)c1ccc(CNC(=O)CNC(=O)c2ccc(Cl)c(Cl)c2)cc1. The van der Waals surface area contributed by atoms with Crippen LogP contribution in [0.15, 0.2) is 42.5 Å². The number of rotatable bonds is 6. The molecular weight excluding hydrogens is 361 g/mol. The maximum absolute atomic E-state index is 12.0. The summed E-state index contributed by atoms with van der Waals surface area (Å²) in [6, 6.07) is 12.4. The summed E-state index contributed by atoms with van der Waals surface area (Å²) in [4.78, 5) is 25.9. The summed E-state index contributed by atoms with van der Waals surface area (Å²) < 4.78 is 0. The average Bonchev–Trinajstić information content (AvgIpc) is 2.60. The van der Waals surface area contributed by atoms with Crippen LogP contribution < -0.4 is 15.5 Å². The summed E-state index contributed by atoms with van der Waals surface area (Å²) in [6.07, 6.45) is 0. The van der Waals surface area contributed by atoms with Gasteiger partial charge in [-0.3, -0.25) is 9.59 Å². The van der Waals surface area contributed by atoms with E-state index in [2.05, 4.69) is 10.6 Å². The second-order valence-electron chi connectivity index (χ2n) is 5.65. The van der Waals surface area contributed by atoms with Crippen molar-refractivity contribution in [3.8, 4) is 0 Å². The first-order chi connectivity index (χ1) is 11.9. The summed E-state index contributed by atoms with van der Waals surface area (Å²) in [5.74, 6) is -0.658. The van der Waals surface area contributed by atoms with Gasteiger partial charge in [0.1, 0.15) is 0 Å². The number of benzene rings is 2. The van der Waals surface area contributed by atoms with Crippen LogP contribution in [0.2, 0.25) is 10.0 Å². The second-order valence-corrected chi connectivity index (χ2v) is 6.46.